The molecule has 0 saturated carbocycles. The first-order chi connectivity index (χ1) is 8.02. The molecule has 92 valence electrons. The fourth-order valence-corrected chi connectivity index (χ4v) is 1.38. The van der Waals surface area contributed by atoms with Crippen LogP contribution in [0.25, 0.3) is 11.2 Å². The Labute approximate surface area is 98.5 Å². The molecular formula is C10H16N6O. The summed E-state index contributed by atoms with van der Waals surface area (Å²) in [6.07, 6.45) is 2.18. The summed E-state index contributed by atoms with van der Waals surface area (Å²) in [6.45, 7) is 4.06. The maximum absolute atomic E-state index is 9.91. The Bertz CT molecular complexity index is 520. The Morgan fingerprint density at radius 1 is 1.53 bits per heavy atom. The number of fused-ring (bicyclic) bond motifs is 1. The van der Waals surface area contributed by atoms with E-state index in [1.165, 1.54) is 6.33 Å². The number of hydrogen-bond acceptors (Lipinski definition) is 6. The Hall–Kier alpha value is -1.89. The van der Waals surface area contributed by atoms with E-state index in [-0.39, 0.29) is 5.95 Å². The lowest BCUT2D eigenvalue weighted by atomic mass is 10.0. The van der Waals surface area contributed by atoms with Gasteiger partial charge in [0.2, 0.25) is 5.95 Å². The second-order valence-electron chi connectivity index (χ2n) is 4.24. The molecule has 5 N–H and O–H groups in total. The molecule has 17 heavy (non-hydrogen) atoms. The zero-order valence-electron chi connectivity index (χ0n) is 9.86. The second-order valence-corrected chi connectivity index (χ2v) is 4.24. The van der Waals surface area contributed by atoms with Crippen LogP contribution in [0.3, 0.4) is 0 Å². The van der Waals surface area contributed by atoms with Crippen LogP contribution < -0.4 is 11.1 Å². The number of rotatable bonds is 4. The van der Waals surface area contributed by atoms with E-state index >= 15 is 0 Å². The molecule has 2 aromatic heterocycles. The van der Waals surface area contributed by atoms with E-state index in [9.17, 15) is 5.11 Å². The minimum Gasteiger partial charge on any atom is -0.388 e. The summed E-state index contributed by atoms with van der Waals surface area (Å²) in [6, 6.07) is 0. The van der Waals surface area contributed by atoms with E-state index in [2.05, 4.69) is 25.3 Å². The van der Waals surface area contributed by atoms with Crippen LogP contribution in [0.5, 0.6) is 0 Å². The molecule has 0 fully saturated rings. The van der Waals surface area contributed by atoms with Crippen molar-refractivity contribution < 1.29 is 5.11 Å². The van der Waals surface area contributed by atoms with Gasteiger partial charge in [-0.1, -0.05) is 6.92 Å². The van der Waals surface area contributed by atoms with Crippen LogP contribution in [0.1, 0.15) is 20.3 Å². The first kappa shape index (κ1) is 11.6. The van der Waals surface area contributed by atoms with Crippen LogP contribution in [0, 0.1) is 0 Å². The van der Waals surface area contributed by atoms with E-state index < -0.39 is 5.60 Å². The first-order valence-electron chi connectivity index (χ1n) is 5.44. The molecule has 0 aliphatic carbocycles. The van der Waals surface area contributed by atoms with E-state index in [4.69, 9.17) is 5.73 Å². The molecule has 7 heteroatoms. The third kappa shape index (κ3) is 2.44. The molecule has 2 rings (SSSR count). The summed E-state index contributed by atoms with van der Waals surface area (Å²) in [7, 11) is 0. The van der Waals surface area contributed by atoms with Gasteiger partial charge >= 0.3 is 0 Å². The summed E-state index contributed by atoms with van der Waals surface area (Å²) in [5.41, 5.74) is 5.99. The predicted molar refractivity (Wildman–Crippen MR) is 65.5 cm³/mol. The Balaban J connectivity index is 2.26. The third-order valence-corrected chi connectivity index (χ3v) is 2.70. The smallest absolute Gasteiger partial charge is 0.224 e. The summed E-state index contributed by atoms with van der Waals surface area (Å²) < 4.78 is 0. The number of nitrogen functional groups attached to an aromatic ring is 1. The average Bonchev–Trinajstić information content (AvgIpc) is 2.73. The molecule has 0 aromatic carbocycles. The zero-order chi connectivity index (χ0) is 12.5. The largest absolute Gasteiger partial charge is 0.388 e. The fraction of sp³-hybridized carbons (Fsp3) is 0.500. The summed E-state index contributed by atoms with van der Waals surface area (Å²) in [5, 5.41) is 13.0. The van der Waals surface area contributed by atoms with Gasteiger partial charge in [0.05, 0.1) is 11.9 Å². The van der Waals surface area contributed by atoms with Gasteiger partial charge in [-0.25, -0.2) is 4.98 Å². The molecule has 0 aliphatic heterocycles. The lowest BCUT2D eigenvalue weighted by molar-refractivity contribution is 0.0697. The lowest BCUT2D eigenvalue weighted by Crippen LogP contribution is -2.32. The third-order valence-electron chi connectivity index (χ3n) is 2.70. The van der Waals surface area contributed by atoms with Crippen molar-refractivity contribution in [2.75, 3.05) is 17.6 Å². The van der Waals surface area contributed by atoms with Crippen molar-refractivity contribution in [1.29, 1.82) is 0 Å². The zero-order valence-corrected chi connectivity index (χ0v) is 9.86. The fourth-order valence-electron chi connectivity index (χ4n) is 1.38. The maximum Gasteiger partial charge on any atom is 0.224 e. The van der Waals surface area contributed by atoms with Gasteiger partial charge in [0.25, 0.3) is 0 Å². The van der Waals surface area contributed by atoms with Gasteiger partial charge in [0.1, 0.15) is 5.52 Å². The topological polar surface area (TPSA) is 113 Å². The van der Waals surface area contributed by atoms with Crippen LogP contribution >= 0.6 is 0 Å². The van der Waals surface area contributed by atoms with Gasteiger partial charge in [-0.2, -0.15) is 9.97 Å². The van der Waals surface area contributed by atoms with Crippen molar-refractivity contribution in [3.63, 3.8) is 0 Å². The quantitative estimate of drug-likeness (QED) is 0.615. The number of hydrogen-bond donors (Lipinski definition) is 4. The molecule has 0 spiro atoms. The van der Waals surface area contributed by atoms with Crippen LogP contribution in [0.2, 0.25) is 0 Å². The number of imidazole rings is 1. The lowest BCUT2D eigenvalue weighted by Gasteiger charge is -2.21. The summed E-state index contributed by atoms with van der Waals surface area (Å²) in [4.78, 5) is 15.0. The monoisotopic (exact) mass is 236 g/mol. The molecule has 0 amide bonds. The highest BCUT2D eigenvalue weighted by atomic mass is 16.3. The molecule has 1 unspecified atom stereocenters. The van der Waals surface area contributed by atoms with Gasteiger partial charge in [0, 0.05) is 6.54 Å². The van der Waals surface area contributed by atoms with Gasteiger partial charge in [-0.3, -0.25) is 0 Å². The van der Waals surface area contributed by atoms with Crippen LogP contribution in [0.4, 0.5) is 11.8 Å². The number of nitrogens with two attached hydrogens (primary N) is 1. The van der Waals surface area contributed by atoms with E-state index in [0.29, 0.717) is 29.9 Å². The molecule has 7 nitrogen and oxygen atoms in total. The molecule has 2 heterocycles. The SMILES string of the molecule is CCC(C)(O)CNc1nc(N)nc2nc[nH]c12. The molecule has 1 atom stereocenters. The van der Waals surface area contributed by atoms with Crippen LogP contribution in [-0.4, -0.2) is 37.2 Å². The average molecular weight is 236 g/mol. The van der Waals surface area contributed by atoms with Crippen LogP contribution in [-0.2, 0) is 0 Å². The molecule has 0 saturated heterocycles. The molecule has 0 radical (unpaired) electrons. The maximum atomic E-state index is 9.91. The standard InChI is InChI=1S/C10H16N6O/c1-3-10(2,17)4-12-7-6-8(14-5-13-6)16-9(11)15-7/h5,17H,3-4H2,1-2H3,(H4,11,12,13,14,15,16). The normalized spacial score (nSPS) is 14.8. The summed E-state index contributed by atoms with van der Waals surface area (Å²) >= 11 is 0. The van der Waals surface area contributed by atoms with Crippen molar-refractivity contribution >= 4 is 22.9 Å². The van der Waals surface area contributed by atoms with E-state index in [1.54, 1.807) is 6.92 Å². The van der Waals surface area contributed by atoms with Crippen molar-refractivity contribution in [3.8, 4) is 0 Å². The van der Waals surface area contributed by atoms with Gasteiger partial charge in [-0.15, -0.1) is 0 Å². The van der Waals surface area contributed by atoms with Gasteiger partial charge in [0.15, 0.2) is 11.5 Å². The minimum atomic E-state index is -0.786. The van der Waals surface area contributed by atoms with Crippen molar-refractivity contribution in [2.45, 2.75) is 25.9 Å². The van der Waals surface area contributed by atoms with Crippen LogP contribution in [0.15, 0.2) is 6.33 Å². The van der Waals surface area contributed by atoms with Gasteiger partial charge in [-0.05, 0) is 13.3 Å². The second kappa shape index (κ2) is 4.17. The van der Waals surface area contributed by atoms with E-state index in [0.717, 1.165) is 0 Å². The number of aromatic nitrogens is 4. The van der Waals surface area contributed by atoms with Crippen molar-refractivity contribution in [3.05, 3.63) is 6.33 Å². The minimum absolute atomic E-state index is 0.156. The number of nitrogens with zero attached hydrogens (tertiary/aromatic N) is 3. The predicted octanol–water partition coefficient (Wildman–Crippen LogP) is 0.508. The Kier molecular flexibility index (Phi) is 2.84. The number of aliphatic hydroxyl groups is 1. The number of nitrogens with one attached hydrogen (secondary N) is 2. The molecule has 2 aromatic rings. The summed E-state index contributed by atoms with van der Waals surface area (Å²) in [5.74, 6) is 0.710. The highest BCUT2D eigenvalue weighted by Crippen LogP contribution is 2.18. The highest BCUT2D eigenvalue weighted by Gasteiger charge is 2.18. The van der Waals surface area contributed by atoms with E-state index in [1.807, 2.05) is 6.92 Å². The molecule has 0 bridgehead atoms. The van der Waals surface area contributed by atoms with Crippen molar-refractivity contribution in [1.82, 2.24) is 19.9 Å². The molecule has 0 aliphatic rings. The highest BCUT2D eigenvalue weighted by molar-refractivity contribution is 5.83. The number of H-pyrrole nitrogens is 1. The number of aromatic amines is 1. The van der Waals surface area contributed by atoms with Gasteiger partial charge < -0.3 is 21.1 Å². The first-order valence-corrected chi connectivity index (χ1v) is 5.44. The number of anilines is 2. The Morgan fingerprint density at radius 3 is 3.00 bits per heavy atom. The Morgan fingerprint density at radius 2 is 2.29 bits per heavy atom. The molecular weight excluding hydrogens is 220 g/mol. The van der Waals surface area contributed by atoms with Crippen molar-refractivity contribution in [2.24, 2.45) is 0 Å².